The molecule has 0 aromatic heterocycles. The molecule has 0 aromatic rings. The Kier molecular flexibility index (Phi) is 5.45. The highest BCUT2D eigenvalue weighted by Crippen LogP contribution is 2.27. The summed E-state index contributed by atoms with van der Waals surface area (Å²) in [5.74, 6) is -0.502. The maximum absolute atomic E-state index is 11.9. The minimum atomic E-state index is -1.62. The van der Waals surface area contributed by atoms with Crippen LogP contribution in [0.2, 0.25) is 0 Å². The fraction of sp³-hybridized carbons (Fsp3) is 0.643. The van der Waals surface area contributed by atoms with E-state index in [1.807, 2.05) is 0 Å². The maximum atomic E-state index is 11.9. The first-order valence-corrected chi connectivity index (χ1v) is 6.92. The zero-order valence-electron chi connectivity index (χ0n) is 11.9. The van der Waals surface area contributed by atoms with E-state index in [0.717, 1.165) is 0 Å². The van der Waals surface area contributed by atoms with Gasteiger partial charge < -0.3 is 35.0 Å². The number of carbonyl (C=O) groups is 1. The van der Waals surface area contributed by atoms with Crippen LogP contribution in [-0.4, -0.2) is 80.8 Å². The van der Waals surface area contributed by atoms with Crippen LogP contribution in [0, 0.1) is 0 Å². The molecule has 0 bridgehead atoms. The van der Waals surface area contributed by atoms with Gasteiger partial charge >= 0.3 is 0 Å². The van der Waals surface area contributed by atoms with Crippen LogP contribution < -0.4 is 0 Å². The average Bonchev–Trinajstić information content (AvgIpc) is 2.75. The number of ketones is 1. The van der Waals surface area contributed by atoms with Crippen LogP contribution in [-0.2, 0) is 14.3 Å². The van der Waals surface area contributed by atoms with E-state index in [2.05, 4.69) is 0 Å². The minimum absolute atomic E-state index is 0.363. The molecule has 8 nitrogen and oxygen atoms in total. The Balaban J connectivity index is 2.08. The molecule has 1 fully saturated rings. The predicted molar refractivity (Wildman–Crippen MR) is 72.6 cm³/mol. The molecule has 0 spiro atoms. The molecule has 5 unspecified atom stereocenters. The molecule has 1 aliphatic carbocycles. The Morgan fingerprint density at radius 2 is 1.91 bits per heavy atom. The van der Waals surface area contributed by atoms with Crippen molar-refractivity contribution in [2.75, 3.05) is 6.61 Å². The number of rotatable bonds is 4. The smallest absolute Gasteiger partial charge is 0.187 e. The summed E-state index contributed by atoms with van der Waals surface area (Å²) in [6.07, 6.45) is -5.42. The van der Waals surface area contributed by atoms with Crippen molar-refractivity contribution >= 4 is 5.78 Å². The summed E-state index contributed by atoms with van der Waals surface area (Å²) in [7, 11) is 0. The topological polar surface area (TPSA) is 137 Å². The van der Waals surface area contributed by atoms with Crippen molar-refractivity contribution < 1.29 is 39.8 Å². The molecule has 124 valence electrons. The number of allylic oxidation sites excluding steroid dienone is 1. The predicted octanol–water partition coefficient (Wildman–Crippen LogP) is -2.38. The second kappa shape index (κ2) is 6.97. The van der Waals surface area contributed by atoms with E-state index in [4.69, 9.17) is 14.6 Å². The van der Waals surface area contributed by atoms with Gasteiger partial charge in [-0.05, 0) is 18.6 Å². The van der Waals surface area contributed by atoms with E-state index in [-0.39, 0.29) is 0 Å². The lowest BCUT2D eigenvalue weighted by Gasteiger charge is -2.40. The van der Waals surface area contributed by atoms with Crippen molar-refractivity contribution in [3.05, 3.63) is 23.8 Å². The maximum Gasteiger partial charge on any atom is 0.187 e. The molecule has 8 heteroatoms. The Labute approximate surface area is 126 Å². The molecule has 1 saturated heterocycles. The molecular formula is C14H20O8. The van der Waals surface area contributed by atoms with Gasteiger partial charge in [0.15, 0.2) is 18.2 Å². The molecule has 0 aromatic carbocycles. The zero-order valence-corrected chi connectivity index (χ0v) is 11.9. The molecule has 2 aliphatic rings. The van der Waals surface area contributed by atoms with Gasteiger partial charge in [-0.25, -0.2) is 0 Å². The third-order valence-electron chi connectivity index (χ3n) is 3.71. The van der Waals surface area contributed by atoms with Crippen LogP contribution in [0.4, 0.5) is 0 Å². The molecule has 0 radical (unpaired) electrons. The Hall–Kier alpha value is -1.13. The summed E-state index contributed by atoms with van der Waals surface area (Å²) in [4.78, 5) is 11.9. The van der Waals surface area contributed by atoms with Gasteiger partial charge in [-0.1, -0.05) is 12.2 Å². The van der Waals surface area contributed by atoms with E-state index in [0.29, 0.717) is 5.57 Å². The average molecular weight is 316 g/mol. The fourth-order valence-corrected chi connectivity index (χ4v) is 2.47. The summed E-state index contributed by atoms with van der Waals surface area (Å²) in [6.45, 7) is 1.12. The van der Waals surface area contributed by atoms with E-state index in [1.54, 1.807) is 19.1 Å². The fourth-order valence-electron chi connectivity index (χ4n) is 2.47. The first-order chi connectivity index (χ1) is 10.4. The summed E-state index contributed by atoms with van der Waals surface area (Å²) in [5, 5.41) is 48.3. The second-order valence-corrected chi connectivity index (χ2v) is 5.25. The molecule has 0 saturated carbocycles. The first-order valence-electron chi connectivity index (χ1n) is 6.92. The van der Waals surface area contributed by atoms with Gasteiger partial charge in [0.1, 0.15) is 30.5 Å². The number of carbonyl (C=O) groups excluding carboxylic acids is 1. The van der Waals surface area contributed by atoms with Crippen molar-refractivity contribution in [3.8, 4) is 0 Å². The molecule has 22 heavy (non-hydrogen) atoms. The monoisotopic (exact) mass is 316 g/mol. The van der Waals surface area contributed by atoms with Gasteiger partial charge in [0, 0.05) is 0 Å². The Morgan fingerprint density at radius 1 is 1.23 bits per heavy atom. The molecule has 0 amide bonds. The van der Waals surface area contributed by atoms with E-state index in [9.17, 15) is 25.2 Å². The Morgan fingerprint density at radius 3 is 2.50 bits per heavy atom. The lowest BCUT2D eigenvalue weighted by molar-refractivity contribution is -0.311. The summed E-state index contributed by atoms with van der Waals surface area (Å²) >= 11 is 0. The zero-order chi connectivity index (χ0) is 16.4. The van der Waals surface area contributed by atoms with Crippen LogP contribution in [0.5, 0.6) is 0 Å². The standard InChI is InChI=1S/C14H20O8/c1-2-3-6-4-7(16)13(9(6)17)22-14-12(20)11(19)10(18)8(5-15)21-14/h2-4,8-15,17-20H,5H2,1H3/b3-2+/t8?,9-,10?,11?,12?,13-,14?/m0/s1. The summed E-state index contributed by atoms with van der Waals surface area (Å²) in [5.41, 5.74) is 0.363. The van der Waals surface area contributed by atoms with Gasteiger partial charge in [-0.3, -0.25) is 4.79 Å². The number of hydrogen-bond donors (Lipinski definition) is 5. The number of aliphatic hydroxyl groups is 5. The number of ether oxygens (including phenoxy) is 2. The largest absolute Gasteiger partial charge is 0.394 e. The van der Waals surface area contributed by atoms with Crippen LogP contribution in [0.1, 0.15) is 6.92 Å². The summed E-state index contributed by atoms with van der Waals surface area (Å²) in [6, 6.07) is 0. The lowest BCUT2D eigenvalue weighted by Crippen LogP contribution is -2.60. The highest BCUT2D eigenvalue weighted by atomic mass is 16.7. The third kappa shape index (κ3) is 3.13. The molecular weight excluding hydrogens is 296 g/mol. The molecule has 1 heterocycles. The second-order valence-electron chi connectivity index (χ2n) is 5.25. The molecule has 5 N–H and O–H groups in total. The molecule has 2 rings (SSSR count). The van der Waals surface area contributed by atoms with Gasteiger partial charge in [0.05, 0.1) is 6.61 Å². The van der Waals surface area contributed by atoms with Crippen molar-refractivity contribution in [2.24, 2.45) is 0 Å². The first kappa shape index (κ1) is 17.2. The molecule has 7 atom stereocenters. The highest BCUT2D eigenvalue weighted by molar-refractivity contribution is 5.98. The number of aliphatic hydroxyl groups excluding tert-OH is 5. The van der Waals surface area contributed by atoms with E-state index < -0.39 is 55.3 Å². The Bertz CT molecular complexity index is 471. The highest BCUT2D eigenvalue weighted by Gasteiger charge is 2.47. The molecule has 1 aliphatic heterocycles. The van der Waals surface area contributed by atoms with Gasteiger partial charge in [0.2, 0.25) is 0 Å². The summed E-state index contributed by atoms with van der Waals surface area (Å²) < 4.78 is 10.4. The van der Waals surface area contributed by atoms with Crippen molar-refractivity contribution in [1.82, 2.24) is 0 Å². The third-order valence-corrected chi connectivity index (χ3v) is 3.71. The van der Waals surface area contributed by atoms with E-state index in [1.165, 1.54) is 6.08 Å². The van der Waals surface area contributed by atoms with Gasteiger partial charge in [0.25, 0.3) is 0 Å². The van der Waals surface area contributed by atoms with Crippen molar-refractivity contribution in [3.63, 3.8) is 0 Å². The van der Waals surface area contributed by atoms with Crippen LogP contribution >= 0.6 is 0 Å². The van der Waals surface area contributed by atoms with Crippen molar-refractivity contribution in [2.45, 2.75) is 49.8 Å². The van der Waals surface area contributed by atoms with Crippen LogP contribution in [0.3, 0.4) is 0 Å². The lowest BCUT2D eigenvalue weighted by atomic mass is 9.99. The van der Waals surface area contributed by atoms with Gasteiger partial charge in [-0.2, -0.15) is 0 Å². The van der Waals surface area contributed by atoms with Crippen LogP contribution in [0.25, 0.3) is 0 Å². The van der Waals surface area contributed by atoms with Crippen molar-refractivity contribution in [1.29, 1.82) is 0 Å². The normalized spacial score (nSPS) is 42.9. The van der Waals surface area contributed by atoms with E-state index >= 15 is 0 Å². The SMILES string of the molecule is C/C=C/C1=CC(=O)[C@H](OC2OC(CO)C(O)C(O)C2O)[C@H]1O. The minimum Gasteiger partial charge on any atom is -0.394 e. The number of hydrogen-bond acceptors (Lipinski definition) is 8. The van der Waals surface area contributed by atoms with Crippen LogP contribution in [0.15, 0.2) is 23.8 Å². The quantitative estimate of drug-likeness (QED) is 0.388. The van der Waals surface area contributed by atoms with Gasteiger partial charge in [-0.15, -0.1) is 0 Å².